The summed E-state index contributed by atoms with van der Waals surface area (Å²) in [6.07, 6.45) is 6.71. The Bertz CT molecular complexity index is 636. The van der Waals surface area contributed by atoms with E-state index in [0.717, 1.165) is 19.6 Å². The fourth-order valence-corrected chi connectivity index (χ4v) is 4.63. The van der Waals surface area contributed by atoms with E-state index in [1.54, 1.807) is 16.8 Å². The van der Waals surface area contributed by atoms with Gasteiger partial charge < -0.3 is 9.80 Å². The highest BCUT2D eigenvalue weighted by Gasteiger charge is 2.24. The molecule has 0 unspecified atom stereocenters. The first-order chi connectivity index (χ1) is 9.83. The highest BCUT2D eigenvalue weighted by molar-refractivity contribution is 7.19. The van der Waals surface area contributed by atoms with Gasteiger partial charge in [0.25, 0.3) is 0 Å². The smallest absolute Gasteiger partial charge is 0.141 e. The normalized spacial score (nSPS) is 20.4. The molecule has 1 aliphatic carbocycles. The van der Waals surface area contributed by atoms with Gasteiger partial charge in [-0.05, 0) is 44.8 Å². The maximum Gasteiger partial charge on any atom is 0.141 e. The number of hydrogen-bond acceptors (Lipinski definition) is 5. The van der Waals surface area contributed by atoms with Crippen LogP contribution >= 0.6 is 11.3 Å². The molecule has 20 heavy (non-hydrogen) atoms. The van der Waals surface area contributed by atoms with Crippen LogP contribution in [0.15, 0.2) is 6.33 Å². The molecule has 0 radical (unpaired) electrons. The Labute approximate surface area is 123 Å². The average Bonchev–Trinajstić information content (AvgIpc) is 2.95. The third-order valence-electron chi connectivity index (χ3n) is 4.50. The van der Waals surface area contributed by atoms with Crippen molar-refractivity contribution in [3.63, 3.8) is 0 Å². The van der Waals surface area contributed by atoms with Crippen LogP contribution in [0.1, 0.15) is 23.3 Å². The maximum atomic E-state index is 4.65. The average molecular weight is 288 g/mol. The van der Waals surface area contributed by atoms with Crippen LogP contribution in [-0.2, 0) is 12.8 Å². The molecule has 0 N–H and O–H groups in total. The van der Waals surface area contributed by atoms with Gasteiger partial charge in [-0.25, -0.2) is 9.97 Å². The van der Waals surface area contributed by atoms with Crippen molar-refractivity contribution < 1.29 is 0 Å². The van der Waals surface area contributed by atoms with E-state index in [2.05, 4.69) is 26.8 Å². The molecule has 3 heterocycles. The topological polar surface area (TPSA) is 32.3 Å². The van der Waals surface area contributed by atoms with E-state index in [1.165, 1.54) is 48.3 Å². The van der Waals surface area contributed by atoms with Crippen LogP contribution in [-0.4, -0.2) is 48.1 Å². The summed E-state index contributed by atoms with van der Waals surface area (Å²) in [5, 5.41) is 1.36. The summed E-state index contributed by atoms with van der Waals surface area (Å²) in [6.45, 7) is 4.50. The van der Waals surface area contributed by atoms with E-state index in [9.17, 15) is 0 Å². The second-order valence-corrected chi connectivity index (χ2v) is 6.96. The molecule has 0 bridgehead atoms. The monoisotopic (exact) mass is 288 g/mol. The number of rotatable bonds is 1. The van der Waals surface area contributed by atoms with Gasteiger partial charge in [0.2, 0.25) is 0 Å². The number of thiophene rings is 1. The van der Waals surface area contributed by atoms with Crippen LogP contribution in [0.2, 0.25) is 0 Å². The lowest BCUT2D eigenvalue weighted by Gasteiger charge is -2.22. The molecule has 0 aromatic carbocycles. The molecule has 0 atom stereocenters. The van der Waals surface area contributed by atoms with E-state index < -0.39 is 0 Å². The highest BCUT2D eigenvalue weighted by Crippen LogP contribution is 2.40. The lowest BCUT2D eigenvalue weighted by Crippen LogP contribution is -2.29. The van der Waals surface area contributed by atoms with Crippen LogP contribution in [0.3, 0.4) is 0 Å². The number of anilines is 1. The van der Waals surface area contributed by atoms with Crippen molar-refractivity contribution in [2.75, 3.05) is 38.1 Å². The second kappa shape index (κ2) is 4.97. The molecule has 5 heteroatoms. The summed E-state index contributed by atoms with van der Waals surface area (Å²) in [6, 6.07) is 0. The SMILES string of the molecule is CN1CCCN(c2ncnc3sc4c(c23)CCC4)CC1. The largest absolute Gasteiger partial charge is 0.355 e. The van der Waals surface area contributed by atoms with Crippen molar-refractivity contribution in [3.05, 3.63) is 16.8 Å². The van der Waals surface area contributed by atoms with Crippen LogP contribution in [0.4, 0.5) is 5.82 Å². The van der Waals surface area contributed by atoms with Gasteiger partial charge in [-0.15, -0.1) is 11.3 Å². The zero-order chi connectivity index (χ0) is 13.5. The van der Waals surface area contributed by atoms with Gasteiger partial charge in [-0.3, -0.25) is 0 Å². The summed E-state index contributed by atoms with van der Waals surface area (Å²) < 4.78 is 0. The summed E-state index contributed by atoms with van der Waals surface area (Å²) >= 11 is 1.88. The summed E-state index contributed by atoms with van der Waals surface area (Å²) in [7, 11) is 2.21. The second-order valence-electron chi connectivity index (χ2n) is 5.88. The third kappa shape index (κ3) is 2.00. The molecule has 4 nitrogen and oxygen atoms in total. The number of hydrogen-bond donors (Lipinski definition) is 0. The summed E-state index contributed by atoms with van der Waals surface area (Å²) in [5.41, 5.74) is 1.54. The summed E-state index contributed by atoms with van der Waals surface area (Å²) in [5.74, 6) is 1.18. The molecule has 1 aliphatic heterocycles. The first kappa shape index (κ1) is 12.5. The van der Waals surface area contributed by atoms with Crippen molar-refractivity contribution in [1.82, 2.24) is 14.9 Å². The molecule has 4 rings (SSSR count). The van der Waals surface area contributed by atoms with E-state index in [0.29, 0.717) is 0 Å². The first-order valence-corrected chi connectivity index (χ1v) is 8.33. The van der Waals surface area contributed by atoms with Gasteiger partial charge in [0.05, 0.1) is 5.39 Å². The Kier molecular flexibility index (Phi) is 3.11. The number of aromatic nitrogens is 2. The highest BCUT2D eigenvalue weighted by atomic mass is 32.1. The molecule has 2 aliphatic rings. The third-order valence-corrected chi connectivity index (χ3v) is 5.70. The van der Waals surface area contributed by atoms with E-state index >= 15 is 0 Å². The van der Waals surface area contributed by atoms with Crippen molar-refractivity contribution >= 4 is 27.4 Å². The standard InChI is InChI=1S/C15H20N4S/c1-18-6-3-7-19(9-8-18)14-13-11-4-2-5-12(11)20-15(13)17-10-16-14/h10H,2-9H2,1H3. The van der Waals surface area contributed by atoms with Gasteiger partial charge >= 0.3 is 0 Å². The lowest BCUT2D eigenvalue weighted by molar-refractivity contribution is 0.360. The molecule has 106 valence electrons. The maximum absolute atomic E-state index is 4.65. The van der Waals surface area contributed by atoms with E-state index in [1.807, 2.05) is 11.3 Å². The summed E-state index contributed by atoms with van der Waals surface area (Å²) in [4.78, 5) is 16.8. The number of fused-ring (bicyclic) bond motifs is 3. The van der Waals surface area contributed by atoms with Gasteiger partial charge in [0, 0.05) is 24.5 Å². The first-order valence-electron chi connectivity index (χ1n) is 7.51. The predicted octanol–water partition coefficient (Wildman–Crippen LogP) is 2.32. The van der Waals surface area contributed by atoms with Gasteiger partial charge in [-0.1, -0.05) is 0 Å². The van der Waals surface area contributed by atoms with E-state index in [4.69, 9.17) is 0 Å². The molecule has 0 amide bonds. The van der Waals surface area contributed by atoms with Crippen molar-refractivity contribution in [3.8, 4) is 0 Å². The molecule has 2 aromatic rings. The minimum atomic E-state index is 1.08. The number of likely N-dealkylation sites (N-methyl/N-ethyl adjacent to an activating group) is 1. The number of aryl methyl sites for hydroxylation is 2. The predicted molar refractivity (Wildman–Crippen MR) is 83.8 cm³/mol. The van der Waals surface area contributed by atoms with Crippen molar-refractivity contribution in [1.29, 1.82) is 0 Å². The fourth-order valence-electron chi connectivity index (χ4n) is 3.41. The van der Waals surface area contributed by atoms with Crippen LogP contribution in [0.25, 0.3) is 10.2 Å². The molecule has 2 aromatic heterocycles. The van der Waals surface area contributed by atoms with Crippen LogP contribution < -0.4 is 4.90 Å². The Balaban J connectivity index is 1.79. The fraction of sp³-hybridized carbons (Fsp3) is 0.600. The van der Waals surface area contributed by atoms with Gasteiger partial charge in [0.1, 0.15) is 17.0 Å². The zero-order valence-corrected chi connectivity index (χ0v) is 12.7. The molecule has 0 spiro atoms. The quantitative estimate of drug-likeness (QED) is 0.806. The Hall–Kier alpha value is -1.20. The van der Waals surface area contributed by atoms with Crippen molar-refractivity contribution in [2.45, 2.75) is 25.7 Å². The van der Waals surface area contributed by atoms with E-state index in [-0.39, 0.29) is 0 Å². The molecule has 1 fully saturated rings. The molecule has 1 saturated heterocycles. The Morgan fingerprint density at radius 3 is 2.95 bits per heavy atom. The van der Waals surface area contributed by atoms with Crippen LogP contribution in [0, 0.1) is 0 Å². The minimum absolute atomic E-state index is 1.08. The molecule has 0 saturated carbocycles. The molecular formula is C15H20N4S. The Morgan fingerprint density at radius 2 is 2.00 bits per heavy atom. The zero-order valence-electron chi connectivity index (χ0n) is 11.9. The molecular weight excluding hydrogens is 268 g/mol. The number of nitrogens with zero attached hydrogens (tertiary/aromatic N) is 4. The Morgan fingerprint density at radius 1 is 1.05 bits per heavy atom. The van der Waals surface area contributed by atoms with Crippen molar-refractivity contribution in [2.24, 2.45) is 0 Å². The lowest BCUT2D eigenvalue weighted by atomic mass is 10.2. The van der Waals surface area contributed by atoms with Gasteiger partial charge in [-0.2, -0.15) is 0 Å². The van der Waals surface area contributed by atoms with Gasteiger partial charge in [0.15, 0.2) is 0 Å². The minimum Gasteiger partial charge on any atom is -0.355 e. The van der Waals surface area contributed by atoms with Crippen LogP contribution in [0.5, 0.6) is 0 Å².